The molecule has 0 radical (unpaired) electrons. The Labute approximate surface area is 194 Å². The zero-order chi connectivity index (χ0) is 23.5. The molecule has 0 saturated carbocycles. The number of ketones is 1. The Hall–Kier alpha value is -2.72. The van der Waals surface area contributed by atoms with Gasteiger partial charge in [0.2, 0.25) is 5.91 Å². The third kappa shape index (κ3) is 4.86. The smallest absolute Gasteiger partial charge is 0.232 e. The number of carbonyl (C=O) groups excluding carboxylic acids is 2. The number of allylic oxidation sites excluding steroid dienone is 3. The molecule has 1 aromatic carbocycles. The van der Waals surface area contributed by atoms with Crippen molar-refractivity contribution in [2.24, 2.45) is 5.41 Å². The highest BCUT2D eigenvalue weighted by atomic mass is 32.2. The number of benzene rings is 1. The summed E-state index contributed by atoms with van der Waals surface area (Å²) in [6.07, 6.45) is 1.16. The first-order chi connectivity index (χ1) is 15.2. The summed E-state index contributed by atoms with van der Waals surface area (Å²) in [4.78, 5) is 27.6. The summed E-state index contributed by atoms with van der Waals surface area (Å²) >= 11 is 1.35. The van der Waals surface area contributed by atoms with Crippen molar-refractivity contribution >= 4 is 23.5 Å². The molecule has 0 bridgehead atoms. The third-order valence-electron chi connectivity index (χ3n) is 6.03. The average Bonchev–Trinajstić information content (AvgIpc) is 2.76. The van der Waals surface area contributed by atoms with Gasteiger partial charge in [-0.2, -0.15) is 5.26 Å². The van der Waals surface area contributed by atoms with Crippen LogP contribution in [0.25, 0.3) is 0 Å². The van der Waals surface area contributed by atoms with Gasteiger partial charge in [-0.15, -0.1) is 0 Å². The first-order valence-electron chi connectivity index (χ1n) is 11.0. The number of methoxy groups -OCH3 is 1. The van der Waals surface area contributed by atoms with Crippen LogP contribution in [0.2, 0.25) is 0 Å². The van der Waals surface area contributed by atoms with Gasteiger partial charge in [-0.3, -0.25) is 9.59 Å². The number of rotatable bonds is 7. The van der Waals surface area contributed by atoms with E-state index in [9.17, 15) is 14.9 Å². The van der Waals surface area contributed by atoms with E-state index >= 15 is 0 Å². The molecule has 1 aliphatic heterocycles. The molecule has 1 atom stereocenters. The number of carbonyl (C=O) groups is 2. The molecular formula is C25H31N3O3S. The van der Waals surface area contributed by atoms with E-state index in [-0.39, 0.29) is 22.9 Å². The Kier molecular flexibility index (Phi) is 7.35. The summed E-state index contributed by atoms with van der Waals surface area (Å²) in [6.45, 7) is 9.38. The predicted molar refractivity (Wildman–Crippen MR) is 127 cm³/mol. The molecule has 2 aliphatic rings. The molecule has 0 unspecified atom stereocenters. The van der Waals surface area contributed by atoms with Crippen LogP contribution in [-0.2, 0) is 9.59 Å². The Morgan fingerprint density at radius 2 is 1.91 bits per heavy atom. The molecule has 1 N–H and O–H groups in total. The van der Waals surface area contributed by atoms with E-state index in [1.54, 1.807) is 12.0 Å². The van der Waals surface area contributed by atoms with Crippen molar-refractivity contribution in [2.45, 2.75) is 46.5 Å². The highest BCUT2D eigenvalue weighted by Gasteiger charge is 2.42. The molecule has 32 heavy (non-hydrogen) atoms. The van der Waals surface area contributed by atoms with Gasteiger partial charge in [0.1, 0.15) is 5.75 Å². The standard InChI is InChI=1S/C25H31N3O3S/c1-6-28(7-2)21(30)15-32-24-18(14-26)22(16-8-10-17(31-5)11-9-16)23-19(27-24)12-25(3,4)13-20(23)29/h8-11,22,27H,6-7,12-13,15H2,1-5H3/t22-/m0/s1. The third-order valence-corrected chi connectivity index (χ3v) is 7.03. The molecule has 1 heterocycles. The largest absolute Gasteiger partial charge is 0.497 e. The molecule has 3 rings (SSSR count). The second-order valence-electron chi connectivity index (χ2n) is 8.87. The molecule has 7 heteroatoms. The van der Waals surface area contributed by atoms with Crippen LogP contribution in [0.15, 0.2) is 46.1 Å². The van der Waals surface area contributed by atoms with Crippen molar-refractivity contribution in [3.05, 3.63) is 51.7 Å². The fourth-order valence-electron chi connectivity index (χ4n) is 4.42. The van der Waals surface area contributed by atoms with Crippen LogP contribution in [0.5, 0.6) is 5.75 Å². The lowest BCUT2D eigenvalue weighted by molar-refractivity contribution is -0.128. The molecule has 1 aliphatic carbocycles. The first kappa shape index (κ1) is 23.9. The zero-order valence-corrected chi connectivity index (χ0v) is 20.3. The minimum atomic E-state index is -0.447. The number of nitrogens with zero attached hydrogens (tertiary/aromatic N) is 2. The summed E-state index contributed by atoms with van der Waals surface area (Å²) in [6, 6.07) is 9.86. The molecule has 1 amide bonds. The number of dihydropyridines is 1. The summed E-state index contributed by atoms with van der Waals surface area (Å²) in [5.74, 6) is 0.615. The van der Waals surface area contributed by atoms with Crippen molar-refractivity contribution < 1.29 is 14.3 Å². The Balaban J connectivity index is 2.03. The van der Waals surface area contributed by atoms with Gasteiger partial charge in [-0.25, -0.2) is 0 Å². The van der Waals surface area contributed by atoms with Crippen LogP contribution in [0, 0.1) is 16.7 Å². The van der Waals surface area contributed by atoms with Crippen LogP contribution in [0.4, 0.5) is 0 Å². The molecule has 170 valence electrons. The zero-order valence-electron chi connectivity index (χ0n) is 19.4. The molecule has 6 nitrogen and oxygen atoms in total. The van der Waals surface area contributed by atoms with Gasteiger partial charge in [0.05, 0.1) is 35.5 Å². The van der Waals surface area contributed by atoms with E-state index in [0.29, 0.717) is 42.1 Å². The van der Waals surface area contributed by atoms with Crippen LogP contribution < -0.4 is 10.1 Å². The highest BCUT2D eigenvalue weighted by molar-refractivity contribution is 8.03. The van der Waals surface area contributed by atoms with Crippen molar-refractivity contribution in [1.29, 1.82) is 5.26 Å². The van der Waals surface area contributed by atoms with Crippen LogP contribution >= 0.6 is 11.8 Å². The van der Waals surface area contributed by atoms with Gasteiger partial charge in [0, 0.05) is 30.8 Å². The van der Waals surface area contributed by atoms with Crippen molar-refractivity contribution in [3.8, 4) is 11.8 Å². The minimum Gasteiger partial charge on any atom is -0.497 e. The summed E-state index contributed by atoms with van der Waals surface area (Å²) < 4.78 is 5.28. The van der Waals surface area contributed by atoms with Crippen LogP contribution in [-0.4, -0.2) is 42.5 Å². The quantitative estimate of drug-likeness (QED) is 0.660. The molecule has 0 spiro atoms. The fourth-order valence-corrected chi connectivity index (χ4v) is 5.39. The van der Waals surface area contributed by atoms with Crippen molar-refractivity contribution in [1.82, 2.24) is 10.2 Å². The first-order valence-corrected chi connectivity index (χ1v) is 11.9. The minimum absolute atomic E-state index is 0.0346. The van der Waals surface area contributed by atoms with E-state index in [4.69, 9.17) is 4.74 Å². The van der Waals surface area contributed by atoms with Gasteiger partial charge in [-0.05, 0) is 43.4 Å². The number of thioether (sulfide) groups is 1. The maximum absolute atomic E-state index is 13.2. The maximum Gasteiger partial charge on any atom is 0.232 e. The summed E-state index contributed by atoms with van der Waals surface area (Å²) in [5, 5.41) is 14.2. The predicted octanol–water partition coefficient (Wildman–Crippen LogP) is 4.36. The lowest BCUT2D eigenvalue weighted by Gasteiger charge is -2.39. The highest BCUT2D eigenvalue weighted by Crippen LogP contribution is 2.48. The van der Waals surface area contributed by atoms with Crippen LogP contribution in [0.3, 0.4) is 0 Å². The normalized spacial score (nSPS) is 19.8. The number of ether oxygens (including phenoxy) is 1. The lowest BCUT2D eigenvalue weighted by atomic mass is 9.69. The fraction of sp³-hybridized carbons (Fsp3) is 0.480. The van der Waals surface area contributed by atoms with Gasteiger partial charge in [0.25, 0.3) is 0 Å². The topological polar surface area (TPSA) is 82.4 Å². The van der Waals surface area contributed by atoms with E-state index < -0.39 is 5.92 Å². The molecule has 0 fully saturated rings. The van der Waals surface area contributed by atoms with Gasteiger partial charge >= 0.3 is 0 Å². The monoisotopic (exact) mass is 453 g/mol. The van der Waals surface area contributed by atoms with E-state index in [2.05, 4.69) is 25.2 Å². The summed E-state index contributed by atoms with van der Waals surface area (Å²) in [5.41, 5.74) is 2.73. The van der Waals surface area contributed by atoms with E-state index in [1.807, 2.05) is 38.1 Å². The SMILES string of the molecule is CCN(CC)C(=O)CSC1=C(C#N)[C@H](c2ccc(OC)cc2)C2=C(CC(C)(C)CC2=O)N1. The van der Waals surface area contributed by atoms with E-state index in [0.717, 1.165) is 17.0 Å². The lowest BCUT2D eigenvalue weighted by Crippen LogP contribution is -2.37. The Morgan fingerprint density at radius 3 is 2.47 bits per heavy atom. The number of hydrogen-bond donors (Lipinski definition) is 1. The van der Waals surface area contributed by atoms with Crippen molar-refractivity contribution in [3.63, 3.8) is 0 Å². The molecule has 1 aromatic rings. The molecule has 0 aromatic heterocycles. The molecular weight excluding hydrogens is 422 g/mol. The Bertz CT molecular complexity index is 998. The van der Waals surface area contributed by atoms with Gasteiger partial charge in [-0.1, -0.05) is 37.7 Å². The van der Waals surface area contributed by atoms with E-state index in [1.165, 1.54) is 11.8 Å². The van der Waals surface area contributed by atoms with Crippen molar-refractivity contribution in [2.75, 3.05) is 26.0 Å². The van der Waals surface area contributed by atoms with Gasteiger partial charge in [0.15, 0.2) is 5.78 Å². The number of Topliss-reactive ketones (excluding diaryl/α,β-unsaturated/α-hetero) is 1. The van der Waals surface area contributed by atoms with Crippen LogP contribution in [0.1, 0.15) is 52.0 Å². The molecule has 0 saturated heterocycles. The number of hydrogen-bond acceptors (Lipinski definition) is 6. The number of amides is 1. The van der Waals surface area contributed by atoms with Gasteiger partial charge < -0.3 is 15.0 Å². The Morgan fingerprint density at radius 1 is 1.25 bits per heavy atom. The number of nitriles is 1. The average molecular weight is 454 g/mol. The second kappa shape index (κ2) is 9.83. The second-order valence-corrected chi connectivity index (χ2v) is 9.86. The maximum atomic E-state index is 13.2. The summed E-state index contributed by atoms with van der Waals surface area (Å²) in [7, 11) is 1.61. The number of nitrogens with one attached hydrogen (secondary N) is 1.